The number of carboxylic acids is 1. The lowest BCUT2D eigenvalue weighted by Gasteiger charge is -2.35. The van der Waals surface area contributed by atoms with E-state index in [1.807, 2.05) is 20.8 Å². The average molecular weight is 272 g/mol. The highest BCUT2D eigenvalue weighted by atomic mass is 16.5. The third kappa shape index (κ3) is 4.70. The predicted octanol–water partition coefficient (Wildman–Crippen LogP) is 1.16. The van der Waals surface area contributed by atoms with E-state index in [0.29, 0.717) is 19.5 Å². The lowest BCUT2D eigenvalue weighted by Crippen LogP contribution is -2.51. The summed E-state index contributed by atoms with van der Waals surface area (Å²) in [5.74, 6) is -1.09. The number of piperidine rings is 1. The van der Waals surface area contributed by atoms with E-state index in [0.717, 1.165) is 0 Å². The fraction of sp³-hybridized carbons (Fsp3) is 0.846. The van der Waals surface area contributed by atoms with Crippen molar-refractivity contribution in [2.75, 3.05) is 26.7 Å². The van der Waals surface area contributed by atoms with Crippen LogP contribution in [-0.2, 0) is 9.53 Å². The topological polar surface area (TPSA) is 78.9 Å². The van der Waals surface area contributed by atoms with Crippen molar-refractivity contribution in [3.63, 3.8) is 0 Å². The molecule has 2 atom stereocenters. The molecule has 0 radical (unpaired) electrons. The summed E-state index contributed by atoms with van der Waals surface area (Å²) in [4.78, 5) is 24.7. The number of aliphatic carboxylic acids is 1. The summed E-state index contributed by atoms with van der Waals surface area (Å²) in [7, 11) is 1.59. The second-order valence-electron chi connectivity index (χ2n) is 5.90. The Morgan fingerprint density at radius 1 is 1.42 bits per heavy atom. The minimum Gasteiger partial charge on any atom is -0.481 e. The molecule has 0 saturated carbocycles. The van der Waals surface area contributed by atoms with Gasteiger partial charge >= 0.3 is 12.0 Å². The Morgan fingerprint density at radius 3 is 2.58 bits per heavy atom. The number of carboxylic acid groups (broad SMARTS) is 1. The van der Waals surface area contributed by atoms with Crippen LogP contribution < -0.4 is 5.32 Å². The van der Waals surface area contributed by atoms with Crippen LogP contribution in [0.5, 0.6) is 0 Å². The number of nitrogens with one attached hydrogen (secondary N) is 1. The molecule has 0 aromatic heterocycles. The van der Waals surface area contributed by atoms with Crippen LogP contribution in [0.3, 0.4) is 0 Å². The first-order valence-electron chi connectivity index (χ1n) is 6.56. The third-order valence-corrected chi connectivity index (χ3v) is 3.51. The van der Waals surface area contributed by atoms with Crippen molar-refractivity contribution in [1.82, 2.24) is 10.2 Å². The van der Waals surface area contributed by atoms with Crippen molar-refractivity contribution in [2.24, 2.45) is 11.8 Å². The van der Waals surface area contributed by atoms with E-state index in [9.17, 15) is 9.59 Å². The minimum atomic E-state index is -0.832. The van der Waals surface area contributed by atoms with Crippen molar-refractivity contribution >= 4 is 12.0 Å². The number of amides is 2. The summed E-state index contributed by atoms with van der Waals surface area (Å²) in [5, 5.41) is 11.9. The Balaban J connectivity index is 2.54. The molecule has 2 N–H and O–H groups in total. The van der Waals surface area contributed by atoms with Gasteiger partial charge in [0.15, 0.2) is 0 Å². The third-order valence-electron chi connectivity index (χ3n) is 3.51. The Labute approximate surface area is 114 Å². The van der Waals surface area contributed by atoms with Gasteiger partial charge in [0.1, 0.15) is 0 Å². The smallest absolute Gasteiger partial charge is 0.317 e. The van der Waals surface area contributed by atoms with Gasteiger partial charge in [-0.25, -0.2) is 4.79 Å². The van der Waals surface area contributed by atoms with E-state index in [2.05, 4.69) is 5.32 Å². The first-order chi connectivity index (χ1) is 8.75. The summed E-state index contributed by atoms with van der Waals surface area (Å²) in [6.07, 6.45) is 0.628. The van der Waals surface area contributed by atoms with Gasteiger partial charge in [-0.15, -0.1) is 0 Å². The Kier molecular flexibility index (Phi) is 5.17. The molecule has 1 fully saturated rings. The number of carbonyl (C=O) groups excluding carboxylic acids is 1. The number of hydrogen-bond donors (Lipinski definition) is 2. The van der Waals surface area contributed by atoms with Crippen LogP contribution in [-0.4, -0.2) is 54.4 Å². The Bertz CT molecular complexity index is 344. The molecule has 2 amide bonds. The molecule has 110 valence electrons. The van der Waals surface area contributed by atoms with E-state index in [1.165, 1.54) is 0 Å². The molecule has 1 heterocycles. The number of hydrogen-bond acceptors (Lipinski definition) is 3. The molecule has 1 rings (SSSR count). The maximum Gasteiger partial charge on any atom is 0.317 e. The Hall–Kier alpha value is -1.30. The average Bonchev–Trinajstić information content (AvgIpc) is 2.35. The fourth-order valence-electron chi connectivity index (χ4n) is 2.17. The molecular formula is C13H24N2O4. The summed E-state index contributed by atoms with van der Waals surface area (Å²) >= 11 is 0. The molecule has 0 bridgehead atoms. The van der Waals surface area contributed by atoms with Crippen molar-refractivity contribution in [3.8, 4) is 0 Å². The van der Waals surface area contributed by atoms with Crippen LogP contribution in [0.15, 0.2) is 0 Å². The molecule has 0 spiro atoms. The van der Waals surface area contributed by atoms with Crippen LogP contribution in [0.1, 0.15) is 27.2 Å². The molecule has 1 saturated heterocycles. The molecule has 1 aliphatic rings. The molecule has 2 unspecified atom stereocenters. The summed E-state index contributed by atoms with van der Waals surface area (Å²) < 4.78 is 5.23. The normalized spacial score (nSPS) is 24.1. The first-order valence-corrected chi connectivity index (χ1v) is 6.56. The van der Waals surface area contributed by atoms with Crippen molar-refractivity contribution in [3.05, 3.63) is 0 Å². The monoisotopic (exact) mass is 272 g/mol. The molecule has 1 aliphatic heterocycles. The fourth-order valence-corrected chi connectivity index (χ4v) is 2.17. The van der Waals surface area contributed by atoms with Gasteiger partial charge in [0, 0.05) is 26.7 Å². The molecule has 6 nitrogen and oxygen atoms in total. The summed E-state index contributed by atoms with van der Waals surface area (Å²) in [5.41, 5.74) is -0.427. The number of urea groups is 1. The summed E-state index contributed by atoms with van der Waals surface area (Å²) in [6.45, 7) is 7.00. The van der Waals surface area contributed by atoms with Gasteiger partial charge in [0.05, 0.1) is 11.5 Å². The largest absolute Gasteiger partial charge is 0.481 e. The van der Waals surface area contributed by atoms with Gasteiger partial charge in [-0.3, -0.25) is 4.79 Å². The molecule has 0 aliphatic carbocycles. The lowest BCUT2D eigenvalue weighted by atomic mass is 9.91. The number of ether oxygens (including phenoxy) is 1. The number of carbonyl (C=O) groups is 2. The molecule has 0 aromatic rings. The highest BCUT2D eigenvalue weighted by molar-refractivity contribution is 5.76. The molecule has 6 heteroatoms. The van der Waals surface area contributed by atoms with Crippen LogP contribution >= 0.6 is 0 Å². The highest BCUT2D eigenvalue weighted by Gasteiger charge is 2.32. The number of rotatable bonds is 4. The van der Waals surface area contributed by atoms with Crippen LogP contribution in [0.2, 0.25) is 0 Å². The minimum absolute atomic E-state index is 0.205. The predicted molar refractivity (Wildman–Crippen MR) is 71.0 cm³/mol. The molecular weight excluding hydrogens is 248 g/mol. The van der Waals surface area contributed by atoms with E-state index in [4.69, 9.17) is 9.84 Å². The van der Waals surface area contributed by atoms with Crippen molar-refractivity contribution < 1.29 is 19.4 Å². The quantitative estimate of drug-likeness (QED) is 0.805. The summed E-state index contributed by atoms with van der Waals surface area (Å²) in [6, 6.07) is -0.220. The van der Waals surface area contributed by atoms with Gasteiger partial charge < -0.3 is 20.1 Å². The SMILES string of the molecule is COC(C)(C)CNC(=O)N1CC(C)CC(C(=O)O)C1. The second kappa shape index (κ2) is 6.23. The van der Waals surface area contributed by atoms with Gasteiger partial charge in [-0.1, -0.05) is 6.92 Å². The highest BCUT2D eigenvalue weighted by Crippen LogP contribution is 2.21. The van der Waals surface area contributed by atoms with Gasteiger partial charge in [0.2, 0.25) is 0 Å². The van der Waals surface area contributed by atoms with E-state index in [-0.39, 0.29) is 18.5 Å². The van der Waals surface area contributed by atoms with Crippen molar-refractivity contribution in [2.45, 2.75) is 32.8 Å². The molecule has 19 heavy (non-hydrogen) atoms. The zero-order chi connectivity index (χ0) is 14.6. The zero-order valence-corrected chi connectivity index (χ0v) is 12.1. The second-order valence-corrected chi connectivity index (χ2v) is 5.90. The van der Waals surface area contributed by atoms with Gasteiger partial charge in [-0.2, -0.15) is 0 Å². The van der Waals surface area contributed by atoms with Crippen molar-refractivity contribution in [1.29, 1.82) is 0 Å². The Morgan fingerprint density at radius 2 is 2.05 bits per heavy atom. The van der Waals surface area contributed by atoms with E-state index in [1.54, 1.807) is 12.0 Å². The maximum atomic E-state index is 12.0. The number of likely N-dealkylation sites (tertiary alicyclic amines) is 1. The zero-order valence-electron chi connectivity index (χ0n) is 12.1. The first kappa shape index (κ1) is 15.8. The number of nitrogens with zero attached hydrogens (tertiary/aromatic N) is 1. The van der Waals surface area contributed by atoms with Crippen LogP contribution in [0, 0.1) is 11.8 Å². The lowest BCUT2D eigenvalue weighted by molar-refractivity contribution is -0.143. The number of methoxy groups -OCH3 is 1. The van der Waals surface area contributed by atoms with Gasteiger partial charge in [0.25, 0.3) is 0 Å². The van der Waals surface area contributed by atoms with E-state index < -0.39 is 17.5 Å². The van der Waals surface area contributed by atoms with Gasteiger partial charge in [-0.05, 0) is 26.2 Å². The standard InChI is InChI=1S/C13H24N2O4/c1-9-5-10(11(16)17)7-15(6-9)12(18)14-8-13(2,3)19-4/h9-10H,5-8H2,1-4H3,(H,14,18)(H,16,17). The maximum absolute atomic E-state index is 12.0. The molecule has 0 aromatic carbocycles. The van der Waals surface area contributed by atoms with E-state index >= 15 is 0 Å². The van der Waals surface area contributed by atoms with Crippen LogP contribution in [0.4, 0.5) is 4.79 Å². The van der Waals surface area contributed by atoms with Crippen LogP contribution in [0.25, 0.3) is 0 Å².